The predicted octanol–water partition coefficient (Wildman–Crippen LogP) is 0.344. The largest absolute Gasteiger partial charge is 0.499 e. The van der Waals surface area contributed by atoms with E-state index in [2.05, 4.69) is 12.2 Å². The summed E-state index contributed by atoms with van der Waals surface area (Å²) in [4.78, 5) is 0. The maximum Gasteiger partial charge on any atom is 0.182 e. The summed E-state index contributed by atoms with van der Waals surface area (Å²) in [7, 11) is 0. The zero-order chi connectivity index (χ0) is 4.99. The minimum absolute atomic E-state index is 0.183. The Balaban J connectivity index is 3.30. The van der Waals surface area contributed by atoms with E-state index in [9.17, 15) is 0 Å². The van der Waals surface area contributed by atoms with Gasteiger partial charge < -0.3 is 10.8 Å². The Morgan fingerprint density at radius 3 is 2.33 bits per heavy atom. The highest BCUT2D eigenvalue weighted by molar-refractivity contribution is 7.80. The summed E-state index contributed by atoms with van der Waals surface area (Å²) < 4.78 is 0. The second-order valence-corrected chi connectivity index (χ2v) is 1.12. The molecular formula is C3H5NOS. The second kappa shape index (κ2) is 2.66. The number of rotatable bonds is 1. The molecule has 0 aromatic rings. The van der Waals surface area contributed by atoms with Crippen LogP contribution in [0, 0.1) is 0 Å². The van der Waals surface area contributed by atoms with Crippen LogP contribution in [0.4, 0.5) is 0 Å². The first-order chi connectivity index (χ1) is 2.77. The van der Waals surface area contributed by atoms with E-state index in [1.165, 1.54) is 12.3 Å². The van der Waals surface area contributed by atoms with E-state index in [-0.39, 0.29) is 5.05 Å². The number of aliphatic hydroxyl groups is 1. The predicted molar refractivity (Wildman–Crippen MR) is 28.6 cm³/mol. The maximum atomic E-state index is 8.12. The molecule has 0 aliphatic carbocycles. The van der Waals surface area contributed by atoms with E-state index in [1.54, 1.807) is 0 Å². The van der Waals surface area contributed by atoms with Crippen molar-refractivity contribution in [1.82, 2.24) is 0 Å². The Morgan fingerprint density at radius 2 is 2.33 bits per heavy atom. The molecule has 3 heteroatoms. The van der Waals surface area contributed by atoms with Gasteiger partial charge in [-0.3, -0.25) is 0 Å². The molecule has 0 amide bonds. The van der Waals surface area contributed by atoms with Crippen molar-refractivity contribution in [2.75, 3.05) is 0 Å². The monoisotopic (exact) mass is 103 g/mol. The van der Waals surface area contributed by atoms with Crippen molar-refractivity contribution in [2.45, 2.75) is 0 Å². The molecule has 3 N–H and O–H groups in total. The van der Waals surface area contributed by atoms with Crippen LogP contribution in [0.3, 0.4) is 0 Å². The van der Waals surface area contributed by atoms with Crippen LogP contribution in [0.15, 0.2) is 12.3 Å². The first kappa shape index (κ1) is 5.43. The van der Waals surface area contributed by atoms with Crippen LogP contribution in [0.25, 0.3) is 0 Å². The Morgan fingerprint density at radius 1 is 1.83 bits per heavy atom. The number of thiocarbonyl (C=S) groups is 1. The third-order valence-corrected chi connectivity index (χ3v) is 0.375. The molecule has 2 nitrogen and oxygen atoms in total. The summed E-state index contributed by atoms with van der Waals surface area (Å²) in [5.74, 6) is 0. The van der Waals surface area contributed by atoms with Crippen molar-refractivity contribution in [3.8, 4) is 0 Å². The van der Waals surface area contributed by atoms with Crippen LogP contribution >= 0.6 is 12.2 Å². The Bertz CT molecular complexity index is 78.9. The highest BCUT2D eigenvalue weighted by Crippen LogP contribution is 1.67. The van der Waals surface area contributed by atoms with Crippen molar-refractivity contribution in [3.05, 3.63) is 12.3 Å². The fraction of sp³-hybridized carbons (Fsp3) is 0. The smallest absolute Gasteiger partial charge is 0.182 e. The van der Waals surface area contributed by atoms with Crippen LogP contribution in [-0.2, 0) is 0 Å². The Hall–Kier alpha value is -0.570. The Labute approximate surface area is 41.3 Å². The van der Waals surface area contributed by atoms with Gasteiger partial charge in [0.05, 0.1) is 0 Å². The third kappa shape index (κ3) is 3.43. The minimum atomic E-state index is -0.183. The van der Waals surface area contributed by atoms with E-state index in [1.807, 2.05) is 0 Å². The number of hydrogen-bond acceptors (Lipinski definition) is 2. The topological polar surface area (TPSA) is 46.2 Å². The van der Waals surface area contributed by atoms with Crippen molar-refractivity contribution in [2.24, 2.45) is 5.73 Å². The normalized spacial score (nSPS) is 9.33. The van der Waals surface area contributed by atoms with Crippen LogP contribution < -0.4 is 5.73 Å². The molecule has 0 aliphatic rings. The molecule has 0 saturated heterocycles. The minimum Gasteiger partial charge on any atom is -0.499 e. The first-order valence-electron chi connectivity index (χ1n) is 1.38. The molecule has 0 heterocycles. The lowest BCUT2D eigenvalue weighted by Gasteiger charge is -1.73. The molecule has 0 fully saturated rings. The lowest BCUT2D eigenvalue weighted by molar-refractivity contribution is 0.574. The standard InChI is InChI=1S/C3H5NOS/c4-2-1-3(5)6/h1-2H,4H2,(H,5,6). The van der Waals surface area contributed by atoms with Crippen LogP contribution in [0.2, 0.25) is 0 Å². The van der Waals surface area contributed by atoms with Crippen molar-refractivity contribution in [1.29, 1.82) is 0 Å². The van der Waals surface area contributed by atoms with Crippen LogP contribution in [0.1, 0.15) is 0 Å². The average Bonchev–Trinajstić information content (AvgIpc) is 1.35. The van der Waals surface area contributed by atoms with E-state index < -0.39 is 0 Å². The van der Waals surface area contributed by atoms with E-state index >= 15 is 0 Å². The lowest BCUT2D eigenvalue weighted by Crippen LogP contribution is -1.85. The van der Waals surface area contributed by atoms with E-state index in [0.717, 1.165) is 0 Å². The van der Waals surface area contributed by atoms with Gasteiger partial charge in [0.25, 0.3) is 0 Å². The van der Waals surface area contributed by atoms with Crippen molar-refractivity contribution < 1.29 is 5.11 Å². The fourth-order valence-electron chi connectivity index (χ4n) is 0.0823. The summed E-state index contributed by atoms with van der Waals surface area (Å²) >= 11 is 4.18. The summed E-state index contributed by atoms with van der Waals surface area (Å²) in [6.45, 7) is 0. The van der Waals surface area contributed by atoms with Crippen molar-refractivity contribution >= 4 is 17.3 Å². The summed E-state index contributed by atoms with van der Waals surface area (Å²) in [5.41, 5.74) is 4.80. The number of nitrogens with two attached hydrogens (primary N) is 1. The van der Waals surface area contributed by atoms with Gasteiger partial charge in [-0.1, -0.05) is 0 Å². The highest BCUT2D eigenvalue weighted by Gasteiger charge is 1.70. The third-order valence-electron chi connectivity index (χ3n) is 0.239. The van der Waals surface area contributed by atoms with Gasteiger partial charge in [0.1, 0.15) is 0 Å². The maximum absolute atomic E-state index is 8.12. The molecule has 0 aliphatic heterocycles. The van der Waals surface area contributed by atoms with Crippen LogP contribution in [0.5, 0.6) is 0 Å². The molecule has 0 rings (SSSR count). The van der Waals surface area contributed by atoms with E-state index in [0.29, 0.717) is 0 Å². The summed E-state index contributed by atoms with van der Waals surface area (Å²) in [6.07, 6.45) is 2.41. The molecule has 0 aromatic heterocycles. The first-order valence-corrected chi connectivity index (χ1v) is 1.79. The van der Waals surface area contributed by atoms with Crippen LogP contribution in [-0.4, -0.2) is 10.2 Å². The van der Waals surface area contributed by atoms with Gasteiger partial charge in [0.15, 0.2) is 5.05 Å². The van der Waals surface area contributed by atoms with Gasteiger partial charge in [-0.05, 0) is 18.4 Å². The molecule has 0 unspecified atom stereocenters. The zero-order valence-corrected chi connectivity index (χ0v) is 3.90. The fourth-order valence-corrected chi connectivity index (χ4v) is 0.161. The molecule has 0 bridgehead atoms. The molecule has 0 aromatic carbocycles. The molecule has 0 radical (unpaired) electrons. The highest BCUT2D eigenvalue weighted by atomic mass is 32.1. The van der Waals surface area contributed by atoms with Crippen molar-refractivity contribution in [3.63, 3.8) is 0 Å². The molecule has 0 spiro atoms. The number of aliphatic hydroxyl groups excluding tert-OH is 1. The molecule has 6 heavy (non-hydrogen) atoms. The molecule has 0 atom stereocenters. The Kier molecular flexibility index (Phi) is 2.40. The molecular weight excluding hydrogens is 98.1 g/mol. The van der Waals surface area contributed by atoms with Gasteiger partial charge >= 0.3 is 0 Å². The molecule has 34 valence electrons. The number of hydrogen-bond donors (Lipinski definition) is 2. The SMILES string of the molecule is NC=CC(O)=S. The van der Waals surface area contributed by atoms with E-state index in [4.69, 9.17) is 10.8 Å². The van der Waals surface area contributed by atoms with Gasteiger partial charge in [0.2, 0.25) is 0 Å². The summed E-state index contributed by atoms with van der Waals surface area (Å²) in [6, 6.07) is 0. The quantitative estimate of drug-likeness (QED) is 0.371. The summed E-state index contributed by atoms with van der Waals surface area (Å²) in [5, 5.41) is 7.93. The van der Waals surface area contributed by atoms with Gasteiger partial charge in [0, 0.05) is 6.08 Å². The second-order valence-electron chi connectivity index (χ2n) is 0.697. The zero-order valence-electron chi connectivity index (χ0n) is 3.09. The lowest BCUT2D eigenvalue weighted by atomic mass is 10.7. The van der Waals surface area contributed by atoms with Gasteiger partial charge in [-0.15, -0.1) is 0 Å². The van der Waals surface area contributed by atoms with Gasteiger partial charge in [-0.2, -0.15) is 0 Å². The average molecular weight is 103 g/mol. The van der Waals surface area contributed by atoms with Gasteiger partial charge in [-0.25, -0.2) is 0 Å². The molecule has 0 saturated carbocycles.